The zero-order valence-corrected chi connectivity index (χ0v) is 10.1. The maximum atomic E-state index is 6.12. The number of hydrogen-bond donors (Lipinski definition) is 1. The molecule has 1 saturated heterocycles. The summed E-state index contributed by atoms with van der Waals surface area (Å²) in [5, 5.41) is 0. The average Bonchev–Trinajstić information content (AvgIpc) is 2.31. The van der Waals surface area contributed by atoms with Crippen LogP contribution in [0.4, 0.5) is 11.4 Å². The van der Waals surface area contributed by atoms with Gasteiger partial charge in [-0.15, -0.1) is 0 Å². The van der Waals surface area contributed by atoms with E-state index in [9.17, 15) is 0 Å². The highest BCUT2D eigenvalue weighted by Gasteiger charge is 2.21. The maximum absolute atomic E-state index is 6.12. The second-order valence-corrected chi connectivity index (χ2v) is 4.43. The molecule has 1 unspecified atom stereocenters. The zero-order valence-electron chi connectivity index (χ0n) is 10.1. The summed E-state index contributed by atoms with van der Waals surface area (Å²) < 4.78 is 5.26. The van der Waals surface area contributed by atoms with Crippen molar-refractivity contribution in [3.63, 3.8) is 0 Å². The smallest absolute Gasteiger partial charge is 0.143 e. The molecule has 0 radical (unpaired) electrons. The fraction of sp³-hybridized carbons (Fsp3) is 0.538. The summed E-state index contributed by atoms with van der Waals surface area (Å²) in [5.41, 5.74) is 8.00. The van der Waals surface area contributed by atoms with Gasteiger partial charge in [0, 0.05) is 12.6 Å². The number of nitrogen functional groups attached to an aromatic ring is 1. The summed E-state index contributed by atoms with van der Waals surface area (Å²) >= 11 is 0. The van der Waals surface area contributed by atoms with Crippen LogP contribution >= 0.6 is 0 Å². The van der Waals surface area contributed by atoms with E-state index in [2.05, 4.69) is 17.9 Å². The first kappa shape index (κ1) is 11.1. The number of piperidine rings is 1. The fourth-order valence-electron chi connectivity index (χ4n) is 2.42. The van der Waals surface area contributed by atoms with E-state index in [1.165, 1.54) is 19.3 Å². The number of rotatable bonds is 2. The summed E-state index contributed by atoms with van der Waals surface area (Å²) in [6.07, 6.45) is 3.82. The van der Waals surface area contributed by atoms with Gasteiger partial charge in [0.2, 0.25) is 0 Å². The van der Waals surface area contributed by atoms with Crippen LogP contribution in [-0.4, -0.2) is 19.7 Å². The van der Waals surface area contributed by atoms with Crippen molar-refractivity contribution in [2.45, 2.75) is 32.2 Å². The summed E-state index contributed by atoms with van der Waals surface area (Å²) in [4.78, 5) is 2.39. The molecule has 1 aromatic carbocycles. The predicted molar refractivity (Wildman–Crippen MR) is 68.1 cm³/mol. The Morgan fingerprint density at radius 3 is 2.88 bits per heavy atom. The van der Waals surface area contributed by atoms with Crippen LogP contribution in [0.1, 0.15) is 26.2 Å². The minimum Gasteiger partial charge on any atom is -0.495 e. The van der Waals surface area contributed by atoms with Crippen molar-refractivity contribution in [2.24, 2.45) is 0 Å². The van der Waals surface area contributed by atoms with Gasteiger partial charge in [-0.25, -0.2) is 0 Å². The van der Waals surface area contributed by atoms with Crippen molar-refractivity contribution in [2.75, 3.05) is 24.3 Å². The van der Waals surface area contributed by atoms with E-state index in [0.717, 1.165) is 23.7 Å². The molecular formula is C13H20N2O. The molecule has 2 N–H and O–H groups in total. The van der Waals surface area contributed by atoms with E-state index >= 15 is 0 Å². The number of ether oxygens (including phenoxy) is 1. The van der Waals surface area contributed by atoms with Crippen LogP contribution in [0.3, 0.4) is 0 Å². The molecule has 0 aromatic heterocycles. The van der Waals surface area contributed by atoms with Gasteiger partial charge >= 0.3 is 0 Å². The van der Waals surface area contributed by atoms with Crippen molar-refractivity contribution >= 4 is 11.4 Å². The Balaban J connectivity index is 2.31. The second-order valence-electron chi connectivity index (χ2n) is 4.43. The Hall–Kier alpha value is -1.38. The number of methoxy groups -OCH3 is 1. The number of nitrogens with two attached hydrogens (primary N) is 1. The minimum atomic E-state index is 0.572. The third kappa shape index (κ3) is 1.94. The highest BCUT2D eigenvalue weighted by Crippen LogP contribution is 2.35. The van der Waals surface area contributed by atoms with E-state index in [1.54, 1.807) is 7.11 Å². The van der Waals surface area contributed by atoms with Crippen LogP contribution in [0.5, 0.6) is 5.75 Å². The van der Waals surface area contributed by atoms with Crippen LogP contribution < -0.4 is 15.4 Å². The van der Waals surface area contributed by atoms with Crippen molar-refractivity contribution in [1.29, 1.82) is 0 Å². The highest BCUT2D eigenvalue weighted by molar-refractivity contribution is 5.74. The quantitative estimate of drug-likeness (QED) is 0.779. The molecule has 3 heteroatoms. The normalized spacial score (nSPS) is 20.9. The predicted octanol–water partition coefficient (Wildman–Crippen LogP) is 2.66. The molecule has 0 amide bonds. The van der Waals surface area contributed by atoms with E-state index in [4.69, 9.17) is 10.5 Å². The van der Waals surface area contributed by atoms with Gasteiger partial charge in [-0.2, -0.15) is 0 Å². The van der Waals surface area contributed by atoms with Gasteiger partial charge in [0.25, 0.3) is 0 Å². The Morgan fingerprint density at radius 2 is 2.19 bits per heavy atom. The number of hydrogen-bond acceptors (Lipinski definition) is 3. The summed E-state index contributed by atoms with van der Waals surface area (Å²) in [6.45, 7) is 3.36. The van der Waals surface area contributed by atoms with Crippen LogP contribution in [0, 0.1) is 0 Å². The third-order valence-corrected chi connectivity index (χ3v) is 3.38. The molecule has 1 fully saturated rings. The molecule has 0 saturated carbocycles. The van der Waals surface area contributed by atoms with Crippen LogP contribution in [0.2, 0.25) is 0 Å². The van der Waals surface area contributed by atoms with Crippen LogP contribution in [0.25, 0.3) is 0 Å². The minimum absolute atomic E-state index is 0.572. The number of benzene rings is 1. The topological polar surface area (TPSA) is 38.5 Å². The van der Waals surface area contributed by atoms with Crippen LogP contribution in [0.15, 0.2) is 18.2 Å². The lowest BCUT2D eigenvalue weighted by Crippen LogP contribution is -2.37. The molecule has 1 heterocycles. The first-order valence-electron chi connectivity index (χ1n) is 5.93. The molecule has 88 valence electrons. The summed E-state index contributed by atoms with van der Waals surface area (Å²) in [5.74, 6) is 0.773. The van der Waals surface area contributed by atoms with Crippen molar-refractivity contribution < 1.29 is 4.74 Å². The average molecular weight is 220 g/mol. The molecule has 2 rings (SSSR count). The molecule has 1 aromatic rings. The number of nitrogens with zero attached hydrogens (tertiary/aromatic N) is 1. The van der Waals surface area contributed by atoms with Gasteiger partial charge in [0.1, 0.15) is 5.75 Å². The molecule has 0 aliphatic carbocycles. The lowest BCUT2D eigenvalue weighted by Gasteiger charge is -2.36. The van der Waals surface area contributed by atoms with E-state index < -0.39 is 0 Å². The Kier molecular flexibility index (Phi) is 3.22. The lowest BCUT2D eigenvalue weighted by molar-refractivity contribution is 0.416. The Bertz CT molecular complexity index is 365. The molecule has 3 nitrogen and oxygen atoms in total. The Labute approximate surface area is 97.2 Å². The largest absolute Gasteiger partial charge is 0.495 e. The molecule has 1 aliphatic heterocycles. The molecule has 0 spiro atoms. The summed E-state index contributed by atoms with van der Waals surface area (Å²) in [7, 11) is 1.66. The molecule has 1 atom stereocenters. The van der Waals surface area contributed by atoms with E-state index in [0.29, 0.717) is 6.04 Å². The van der Waals surface area contributed by atoms with E-state index in [1.807, 2.05) is 12.1 Å². The van der Waals surface area contributed by atoms with Crippen molar-refractivity contribution in [3.8, 4) is 5.75 Å². The highest BCUT2D eigenvalue weighted by atomic mass is 16.5. The number of anilines is 2. The van der Waals surface area contributed by atoms with Gasteiger partial charge in [0.05, 0.1) is 18.5 Å². The standard InChI is InChI=1S/C13H20N2O/c1-10-6-3-4-9-15(10)11-7-5-8-12(16-2)13(11)14/h5,7-8,10H,3-4,6,9,14H2,1-2H3. The molecule has 0 bridgehead atoms. The van der Waals surface area contributed by atoms with Crippen molar-refractivity contribution in [3.05, 3.63) is 18.2 Å². The number of para-hydroxylation sites is 1. The fourth-order valence-corrected chi connectivity index (χ4v) is 2.42. The monoisotopic (exact) mass is 220 g/mol. The van der Waals surface area contributed by atoms with Gasteiger partial charge in [-0.3, -0.25) is 0 Å². The van der Waals surface area contributed by atoms with Crippen molar-refractivity contribution in [1.82, 2.24) is 0 Å². The first-order chi connectivity index (χ1) is 7.74. The molecule has 1 aliphatic rings. The van der Waals surface area contributed by atoms with Gasteiger partial charge in [-0.1, -0.05) is 6.07 Å². The molecule has 16 heavy (non-hydrogen) atoms. The molecular weight excluding hydrogens is 200 g/mol. The first-order valence-corrected chi connectivity index (χ1v) is 5.93. The third-order valence-electron chi connectivity index (χ3n) is 3.38. The Morgan fingerprint density at radius 1 is 1.38 bits per heavy atom. The van der Waals surface area contributed by atoms with Gasteiger partial charge in [-0.05, 0) is 38.3 Å². The maximum Gasteiger partial charge on any atom is 0.143 e. The van der Waals surface area contributed by atoms with Crippen LogP contribution in [-0.2, 0) is 0 Å². The lowest BCUT2D eigenvalue weighted by atomic mass is 10.0. The van der Waals surface area contributed by atoms with Gasteiger partial charge < -0.3 is 15.4 Å². The van der Waals surface area contributed by atoms with Gasteiger partial charge in [0.15, 0.2) is 0 Å². The SMILES string of the molecule is COc1cccc(N2CCCCC2C)c1N. The summed E-state index contributed by atoms with van der Waals surface area (Å²) in [6, 6.07) is 6.57. The van der Waals surface area contributed by atoms with E-state index in [-0.39, 0.29) is 0 Å². The second kappa shape index (κ2) is 4.64. The zero-order chi connectivity index (χ0) is 11.5.